The van der Waals surface area contributed by atoms with Crippen LogP contribution in [0.1, 0.15) is 48.7 Å². The molecule has 1 atom stereocenters. The van der Waals surface area contributed by atoms with Gasteiger partial charge in [0.2, 0.25) is 0 Å². The summed E-state index contributed by atoms with van der Waals surface area (Å²) < 4.78 is 5.36. The Labute approximate surface area is 160 Å². The number of amides is 1. The molecule has 3 rings (SSSR count). The van der Waals surface area contributed by atoms with Gasteiger partial charge in [0.25, 0.3) is 5.91 Å². The van der Waals surface area contributed by atoms with Gasteiger partial charge in [-0.2, -0.15) is 0 Å². The van der Waals surface area contributed by atoms with Gasteiger partial charge in [-0.1, -0.05) is 56.3 Å². The Morgan fingerprint density at radius 2 is 1.70 bits per heavy atom. The highest BCUT2D eigenvalue weighted by Crippen LogP contribution is 2.44. The number of rotatable bonds is 5. The molecule has 1 unspecified atom stereocenters. The lowest BCUT2D eigenvalue weighted by Gasteiger charge is -2.37. The van der Waals surface area contributed by atoms with Crippen molar-refractivity contribution < 1.29 is 14.3 Å². The van der Waals surface area contributed by atoms with E-state index in [2.05, 4.69) is 25.2 Å². The lowest BCUT2D eigenvalue weighted by Crippen LogP contribution is -2.37. The first-order valence-corrected chi connectivity index (χ1v) is 9.36. The molecule has 0 spiro atoms. The molecule has 0 bridgehead atoms. The van der Waals surface area contributed by atoms with Crippen LogP contribution in [-0.2, 0) is 16.0 Å². The minimum atomic E-state index is -0.403. The average molecular weight is 363 g/mol. The van der Waals surface area contributed by atoms with Gasteiger partial charge in [0.1, 0.15) is 0 Å². The number of hydrogen-bond acceptors (Lipinski definition) is 3. The number of nitrogens with one attached hydrogen (secondary N) is 1. The molecule has 1 aliphatic rings. The molecule has 140 valence electrons. The highest BCUT2D eigenvalue weighted by molar-refractivity contribution is 6.06. The summed E-state index contributed by atoms with van der Waals surface area (Å²) in [5.74, 6) is -0.595. The summed E-state index contributed by atoms with van der Waals surface area (Å²) in [5.41, 5.74) is 3.27. The first kappa shape index (κ1) is 18.9. The number of ether oxygens (including phenoxy) is 1. The monoisotopic (exact) mass is 363 g/mol. The summed E-state index contributed by atoms with van der Waals surface area (Å²) in [6.07, 6.45) is 1.50. The summed E-state index contributed by atoms with van der Waals surface area (Å²) in [5, 5.41) is 3.01. The second kappa shape index (κ2) is 7.78. The fourth-order valence-electron chi connectivity index (χ4n) is 3.62. The number of carbonyl (C=O) groups is 2. The normalized spacial score (nSPS) is 18.6. The van der Waals surface area contributed by atoms with Crippen molar-refractivity contribution in [2.24, 2.45) is 5.41 Å². The van der Waals surface area contributed by atoms with Crippen molar-refractivity contribution in [2.45, 2.75) is 33.6 Å². The van der Waals surface area contributed by atoms with Gasteiger partial charge >= 0.3 is 5.97 Å². The molecule has 1 aliphatic carbocycles. The van der Waals surface area contributed by atoms with Gasteiger partial charge in [-0.15, -0.1) is 0 Å². The van der Waals surface area contributed by atoms with E-state index in [9.17, 15) is 9.59 Å². The lowest BCUT2D eigenvalue weighted by molar-refractivity contribution is -0.139. The topological polar surface area (TPSA) is 55.4 Å². The fourth-order valence-corrected chi connectivity index (χ4v) is 3.62. The second-order valence-electron chi connectivity index (χ2n) is 7.04. The molecule has 1 amide bonds. The van der Waals surface area contributed by atoms with Crippen LogP contribution in [0.4, 0.5) is 0 Å². The molecule has 0 heterocycles. The van der Waals surface area contributed by atoms with Gasteiger partial charge in [-0.25, -0.2) is 4.79 Å². The molecule has 2 aromatic carbocycles. The Morgan fingerprint density at radius 3 is 2.37 bits per heavy atom. The number of hydrogen-bond donors (Lipinski definition) is 1. The number of carbonyl (C=O) groups excluding carboxylic acids is 2. The van der Waals surface area contributed by atoms with Gasteiger partial charge in [-0.05, 0) is 37.5 Å². The molecule has 4 nitrogen and oxygen atoms in total. The third-order valence-electron chi connectivity index (χ3n) is 5.26. The van der Waals surface area contributed by atoms with Crippen LogP contribution in [0.2, 0.25) is 0 Å². The van der Waals surface area contributed by atoms with E-state index in [0.29, 0.717) is 23.4 Å². The van der Waals surface area contributed by atoms with Gasteiger partial charge in [0, 0.05) is 16.5 Å². The molecule has 0 saturated heterocycles. The van der Waals surface area contributed by atoms with Crippen molar-refractivity contribution >= 4 is 17.6 Å². The van der Waals surface area contributed by atoms with E-state index in [0.717, 1.165) is 24.0 Å². The largest absolute Gasteiger partial charge is 0.463 e. The maximum atomic E-state index is 12.9. The van der Waals surface area contributed by atoms with E-state index in [4.69, 9.17) is 4.74 Å². The zero-order valence-corrected chi connectivity index (χ0v) is 16.0. The zero-order valence-electron chi connectivity index (χ0n) is 16.0. The Balaban J connectivity index is 2.15. The Morgan fingerprint density at radius 1 is 1.04 bits per heavy atom. The number of benzene rings is 2. The molecule has 0 aliphatic heterocycles. The average Bonchev–Trinajstić information content (AvgIpc) is 2.68. The first-order chi connectivity index (χ1) is 13.0. The fraction of sp³-hybridized carbons (Fsp3) is 0.304. The van der Waals surface area contributed by atoms with Crippen LogP contribution in [-0.4, -0.2) is 18.5 Å². The smallest absolute Gasteiger partial charge is 0.336 e. The molecular weight excluding hydrogens is 338 g/mol. The Bertz CT molecular complexity index is 886. The maximum Gasteiger partial charge on any atom is 0.336 e. The standard InChI is InChI=1S/C23H25NO3/c1-4-23(3)15-17-13-9-10-14-18(17)20(19(23)22(26)27-5-2)24-21(25)16-11-7-6-8-12-16/h6-14H,4-5,15H2,1-3H3,(H,24,25). The third-order valence-corrected chi connectivity index (χ3v) is 5.26. The molecule has 1 N–H and O–H groups in total. The van der Waals surface area contributed by atoms with E-state index in [1.165, 1.54) is 0 Å². The van der Waals surface area contributed by atoms with E-state index < -0.39 is 5.41 Å². The number of fused-ring (bicyclic) bond motifs is 1. The summed E-state index contributed by atoms with van der Waals surface area (Å²) in [6.45, 7) is 6.21. The van der Waals surface area contributed by atoms with Crippen LogP contribution in [0.3, 0.4) is 0 Å². The van der Waals surface area contributed by atoms with Gasteiger partial charge in [0.15, 0.2) is 0 Å². The number of esters is 1. The predicted octanol–water partition coefficient (Wildman–Crippen LogP) is 4.36. The van der Waals surface area contributed by atoms with E-state index in [1.807, 2.05) is 36.4 Å². The molecule has 0 saturated carbocycles. The summed E-state index contributed by atoms with van der Waals surface area (Å²) in [4.78, 5) is 25.7. The lowest BCUT2D eigenvalue weighted by atomic mass is 9.68. The van der Waals surface area contributed by atoms with Crippen molar-refractivity contribution in [3.05, 3.63) is 76.9 Å². The highest BCUT2D eigenvalue weighted by Gasteiger charge is 2.40. The van der Waals surface area contributed by atoms with Crippen LogP contribution < -0.4 is 5.32 Å². The Hall–Kier alpha value is -2.88. The van der Waals surface area contributed by atoms with Gasteiger partial charge in [-0.3, -0.25) is 4.79 Å². The minimum Gasteiger partial charge on any atom is -0.463 e. The molecule has 0 radical (unpaired) electrons. The van der Waals surface area contributed by atoms with Crippen LogP contribution in [0.25, 0.3) is 5.70 Å². The van der Waals surface area contributed by atoms with Crippen LogP contribution in [0, 0.1) is 5.41 Å². The third kappa shape index (κ3) is 3.65. The second-order valence-corrected chi connectivity index (χ2v) is 7.04. The van der Waals surface area contributed by atoms with Crippen LogP contribution in [0.5, 0.6) is 0 Å². The van der Waals surface area contributed by atoms with E-state index in [1.54, 1.807) is 19.1 Å². The Kier molecular flexibility index (Phi) is 5.45. The van der Waals surface area contributed by atoms with Crippen molar-refractivity contribution in [1.29, 1.82) is 0 Å². The highest BCUT2D eigenvalue weighted by atomic mass is 16.5. The van der Waals surface area contributed by atoms with Crippen molar-refractivity contribution in [3.8, 4) is 0 Å². The quantitative estimate of drug-likeness (QED) is 0.803. The van der Waals surface area contributed by atoms with E-state index >= 15 is 0 Å². The maximum absolute atomic E-state index is 12.9. The van der Waals surface area contributed by atoms with Crippen LogP contribution >= 0.6 is 0 Å². The zero-order chi connectivity index (χ0) is 19.4. The molecule has 2 aromatic rings. The van der Waals surface area contributed by atoms with Crippen molar-refractivity contribution in [2.75, 3.05) is 6.61 Å². The van der Waals surface area contributed by atoms with Crippen molar-refractivity contribution in [3.63, 3.8) is 0 Å². The van der Waals surface area contributed by atoms with Crippen molar-refractivity contribution in [1.82, 2.24) is 5.32 Å². The summed E-state index contributed by atoms with van der Waals surface area (Å²) in [6, 6.07) is 16.9. The van der Waals surface area contributed by atoms with Gasteiger partial charge in [0.05, 0.1) is 17.9 Å². The summed E-state index contributed by atoms with van der Waals surface area (Å²) >= 11 is 0. The van der Waals surface area contributed by atoms with Crippen LogP contribution in [0.15, 0.2) is 60.2 Å². The molecule has 0 fully saturated rings. The summed E-state index contributed by atoms with van der Waals surface area (Å²) in [7, 11) is 0. The minimum absolute atomic E-state index is 0.234. The molecule has 0 aromatic heterocycles. The first-order valence-electron chi connectivity index (χ1n) is 9.36. The predicted molar refractivity (Wildman–Crippen MR) is 106 cm³/mol. The van der Waals surface area contributed by atoms with Gasteiger partial charge < -0.3 is 10.1 Å². The molecule has 27 heavy (non-hydrogen) atoms. The molecular formula is C23H25NO3. The molecule has 4 heteroatoms. The van der Waals surface area contributed by atoms with E-state index in [-0.39, 0.29) is 11.9 Å². The SMILES string of the molecule is CCOC(=O)C1=C(NC(=O)c2ccccc2)c2ccccc2CC1(C)CC.